The molecule has 6 nitrogen and oxygen atoms in total. The number of hydrogen-bond donors (Lipinski definition) is 2. The molecule has 1 heterocycles. The van der Waals surface area contributed by atoms with Crippen molar-refractivity contribution in [3.8, 4) is 0 Å². The highest BCUT2D eigenvalue weighted by Crippen LogP contribution is 2.30. The lowest BCUT2D eigenvalue weighted by Gasteiger charge is -2.18. The summed E-state index contributed by atoms with van der Waals surface area (Å²) < 4.78 is 0. The molecule has 122 valence electrons. The van der Waals surface area contributed by atoms with E-state index in [1.54, 1.807) is 25.2 Å². The minimum absolute atomic E-state index is 0.0373. The van der Waals surface area contributed by atoms with E-state index >= 15 is 0 Å². The van der Waals surface area contributed by atoms with E-state index in [2.05, 4.69) is 10.3 Å². The third-order valence-electron chi connectivity index (χ3n) is 3.07. The van der Waals surface area contributed by atoms with Crippen LogP contribution in [-0.4, -0.2) is 30.4 Å². The fourth-order valence-electron chi connectivity index (χ4n) is 1.99. The van der Waals surface area contributed by atoms with Gasteiger partial charge in [0.05, 0.1) is 5.69 Å². The summed E-state index contributed by atoms with van der Waals surface area (Å²) in [6.07, 6.45) is 0. The van der Waals surface area contributed by atoms with Gasteiger partial charge < -0.3 is 10.6 Å². The zero-order chi connectivity index (χ0) is 16.8. The standard InChI is InChI=1S/C15H17ClN4O2S/c1-10(21)20(13-5-3-4-11(16)6-13)15-19-12(9-23-15)7-18-8-14(22)17-2/h3-6,9,18H,7-8H2,1-2H3,(H,17,22)/p+1. The van der Waals surface area contributed by atoms with Gasteiger partial charge in [0, 0.05) is 24.4 Å². The van der Waals surface area contributed by atoms with Gasteiger partial charge in [-0.05, 0) is 18.2 Å². The van der Waals surface area contributed by atoms with Crippen LogP contribution in [0.4, 0.5) is 10.8 Å². The highest BCUT2D eigenvalue weighted by Gasteiger charge is 2.18. The van der Waals surface area contributed by atoms with Gasteiger partial charge in [0.15, 0.2) is 11.7 Å². The minimum Gasteiger partial charge on any atom is -0.354 e. The summed E-state index contributed by atoms with van der Waals surface area (Å²) in [7, 11) is 1.60. The second-order valence-corrected chi connectivity index (χ2v) is 6.10. The Bertz CT molecular complexity index is 704. The zero-order valence-electron chi connectivity index (χ0n) is 12.9. The molecule has 0 bridgehead atoms. The van der Waals surface area contributed by atoms with Crippen LogP contribution < -0.4 is 15.5 Å². The Morgan fingerprint density at radius 3 is 2.87 bits per heavy atom. The summed E-state index contributed by atoms with van der Waals surface area (Å²) >= 11 is 7.38. The quantitative estimate of drug-likeness (QED) is 0.821. The Kier molecular flexibility index (Phi) is 6.09. The van der Waals surface area contributed by atoms with Gasteiger partial charge in [-0.3, -0.25) is 14.5 Å². The number of rotatable bonds is 6. The average Bonchev–Trinajstić information content (AvgIpc) is 2.95. The van der Waals surface area contributed by atoms with E-state index in [1.807, 2.05) is 16.8 Å². The van der Waals surface area contributed by atoms with Crippen LogP contribution in [0.25, 0.3) is 0 Å². The third kappa shape index (κ3) is 4.75. The molecule has 1 aromatic carbocycles. The maximum Gasteiger partial charge on any atom is 0.274 e. The van der Waals surface area contributed by atoms with Crippen LogP contribution >= 0.6 is 22.9 Å². The smallest absolute Gasteiger partial charge is 0.274 e. The number of quaternary nitrogens is 1. The molecule has 23 heavy (non-hydrogen) atoms. The first-order valence-corrected chi connectivity index (χ1v) is 8.30. The van der Waals surface area contributed by atoms with Crippen molar-refractivity contribution < 1.29 is 14.9 Å². The number of likely N-dealkylation sites (N-methyl/N-ethyl adjacent to an activating group) is 1. The predicted octanol–water partition coefficient (Wildman–Crippen LogP) is 1.29. The van der Waals surface area contributed by atoms with Gasteiger partial charge in [0.25, 0.3) is 5.91 Å². The number of amides is 2. The molecule has 2 amide bonds. The van der Waals surface area contributed by atoms with Crippen molar-refractivity contribution in [3.05, 3.63) is 40.4 Å². The molecule has 0 atom stereocenters. The molecule has 0 unspecified atom stereocenters. The molecule has 0 aliphatic carbocycles. The maximum atomic E-state index is 12.0. The summed E-state index contributed by atoms with van der Waals surface area (Å²) in [5.74, 6) is -0.174. The Morgan fingerprint density at radius 2 is 2.22 bits per heavy atom. The van der Waals surface area contributed by atoms with Crippen LogP contribution in [0, 0.1) is 0 Å². The van der Waals surface area contributed by atoms with Gasteiger partial charge in [0.2, 0.25) is 5.91 Å². The second kappa shape index (κ2) is 8.05. The predicted molar refractivity (Wildman–Crippen MR) is 90.9 cm³/mol. The number of nitrogens with one attached hydrogen (secondary N) is 1. The van der Waals surface area contributed by atoms with Crippen molar-refractivity contribution in [2.24, 2.45) is 0 Å². The van der Waals surface area contributed by atoms with Gasteiger partial charge in [0.1, 0.15) is 12.2 Å². The van der Waals surface area contributed by atoms with E-state index in [1.165, 1.54) is 23.2 Å². The summed E-state index contributed by atoms with van der Waals surface area (Å²) in [5.41, 5.74) is 1.50. The largest absolute Gasteiger partial charge is 0.354 e. The van der Waals surface area contributed by atoms with E-state index in [-0.39, 0.29) is 11.8 Å². The van der Waals surface area contributed by atoms with Crippen molar-refractivity contribution in [1.29, 1.82) is 0 Å². The minimum atomic E-state index is -0.137. The molecule has 8 heteroatoms. The maximum absolute atomic E-state index is 12.0. The fraction of sp³-hybridized carbons (Fsp3) is 0.267. The molecule has 0 aliphatic rings. The Balaban J connectivity index is 2.12. The number of hydrogen-bond acceptors (Lipinski definition) is 4. The highest BCUT2D eigenvalue weighted by atomic mass is 35.5. The van der Waals surface area contributed by atoms with Gasteiger partial charge in [-0.15, -0.1) is 11.3 Å². The SMILES string of the molecule is CNC(=O)C[NH2+]Cc1csc(N(C(C)=O)c2cccc(Cl)c2)n1. The van der Waals surface area contributed by atoms with Crippen LogP contribution in [0.5, 0.6) is 0 Å². The number of nitrogens with two attached hydrogens (primary N) is 1. The Hall–Kier alpha value is -1.96. The first-order chi connectivity index (χ1) is 11.0. The molecule has 3 N–H and O–H groups in total. The van der Waals surface area contributed by atoms with Crippen LogP contribution in [0.15, 0.2) is 29.6 Å². The summed E-state index contributed by atoms with van der Waals surface area (Å²) in [6, 6.07) is 7.08. The molecule has 0 radical (unpaired) electrons. The van der Waals surface area contributed by atoms with E-state index in [4.69, 9.17) is 11.6 Å². The molecule has 2 rings (SSSR count). The van der Waals surface area contributed by atoms with Crippen molar-refractivity contribution in [2.45, 2.75) is 13.5 Å². The van der Waals surface area contributed by atoms with Crippen molar-refractivity contribution in [2.75, 3.05) is 18.5 Å². The number of anilines is 2. The van der Waals surface area contributed by atoms with Crippen LogP contribution in [0.1, 0.15) is 12.6 Å². The van der Waals surface area contributed by atoms with Gasteiger partial charge in [-0.25, -0.2) is 4.98 Å². The van der Waals surface area contributed by atoms with Crippen LogP contribution in [0.2, 0.25) is 5.02 Å². The molecular weight excluding hydrogens is 336 g/mol. The topological polar surface area (TPSA) is 78.9 Å². The van der Waals surface area contributed by atoms with E-state index < -0.39 is 0 Å². The first kappa shape index (κ1) is 17.4. The Labute approximate surface area is 143 Å². The van der Waals surface area contributed by atoms with Gasteiger partial charge >= 0.3 is 0 Å². The molecule has 0 fully saturated rings. The first-order valence-electron chi connectivity index (χ1n) is 7.04. The number of nitrogens with zero attached hydrogens (tertiary/aromatic N) is 2. The normalized spacial score (nSPS) is 10.4. The van der Waals surface area contributed by atoms with Gasteiger partial charge in [-0.2, -0.15) is 0 Å². The van der Waals surface area contributed by atoms with Crippen molar-refractivity contribution in [1.82, 2.24) is 10.3 Å². The third-order valence-corrected chi connectivity index (χ3v) is 4.18. The summed E-state index contributed by atoms with van der Waals surface area (Å²) in [5, 5.41) is 7.45. The van der Waals surface area contributed by atoms with Crippen LogP contribution in [0.3, 0.4) is 0 Å². The number of carbonyl (C=O) groups excluding carboxylic acids is 2. The summed E-state index contributed by atoms with van der Waals surface area (Å²) in [4.78, 5) is 29.2. The molecular formula is C15H18ClN4O2S+. The fourth-order valence-corrected chi connectivity index (χ4v) is 3.07. The number of benzene rings is 1. The molecule has 1 aromatic heterocycles. The number of halogens is 1. The number of aromatic nitrogens is 1. The lowest BCUT2D eigenvalue weighted by molar-refractivity contribution is -0.660. The molecule has 2 aromatic rings. The van der Waals surface area contributed by atoms with Crippen molar-refractivity contribution >= 4 is 45.6 Å². The van der Waals surface area contributed by atoms with E-state index in [9.17, 15) is 9.59 Å². The van der Waals surface area contributed by atoms with E-state index in [0.29, 0.717) is 28.9 Å². The number of thiazole rings is 1. The molecule has 0 spiro atoms. The molecule has 0 saturated carbocycles. The highest BCUT2D eigenvalue weighted by molar-refractivity contribution is 7.14. The number of carbonyl (C=O) groups is 2. The van der Waals surface area contributed by atoms with Gasteiger partial charge in [-0.1, -0.05) is 17.7 Å². The lowest BCUT2D eigenvalue weighted by atomic mass is 10.3. The second-order valence-electron chi connectivity index (χ2n) is 4.83. The monoisotopic (exact) mass is 353 g/mol. The lowest BCUT2D eigenvalue weighted by Crippen LogP contribution is -2.85. The zero-order valence-corrected chi connectivity index (χ0v) is 14.4. The molecule has 0 aliphatic heterocycles. The summed E-state index contributed by atoms with van der Waals surface area (Å²) in [6.45, 7) is 2.40. The van der Waals surface area contributed by atoms with Crippen LogP contribution in [-0.2, 0) is 16.1 Å². The van der Waals surface area contributed by atoms with Crippen molar-refractivity contribution in [3.63, 3.8) is 0 Å². The Morgan fingerprint density at radius 1 is 1.43 bits per heavy atom. The average molecular weight is 354 g/mol. The van der Waals surface area contributed by atoms with E-state index in [0.717, 1.165) is 5.69 Å². The molecule has 0 saturated heterocycles.